The maximum Gasteiger partial charge on any atom is 0.176 e. The predicted molar refractivity (Wildman–Crippen MR) is 81.4 cm³/mol. The Morgan fingerprint density at radius 3 is 2.50 bits per heavy atom. The lowest BCUT2D eigenvalue weighted by molar-refractivity contribution is 0.0900. The molecule has 1 aromatic rings. The molecule has 0 saturated carbocycles. The summed E-state index contributed by atoms with van der Waals surface area (Å²) < 4.78 is 5.53. The highest BCUT2D eigenvalue weighted by atomic mass is 16.5. The van der Waals surface area contributed by atoms with Crippen LogP contribution >= 0.6 is 0 Å². The smallest absolute Gasteiger partial charge is 0.176 e. The Morgan fingerprint density at radius 1 is 1.25 bits per heavy atom. The molecule has 1 aliphatic heterocycles. The van der Waals surface area contributed by atoms with E-state index in [0.717, 1.165) is 43.3 Å². The van der Waals surface area contributed by atoms with Crippen molar-refractivity contribution in [1.29, 1.82) is 0 Å². The van der Waals surface area contributed by atoms with Crippen LogP contribution in [0.1, 0.15) is 43.5 Å². The van der Waals surface area contributed by atoms with E-state index in [4.69, 9.17) is 4.74 Å². The van der Waals surface area contributed by atoms with E-state index >= 15 is 0 Å². The Labute approximate surface area is 121 Å². The number of ketones is 1. The van der Waals surface area contributed by atoms with Crippen LogP contribution in [0, 0.1) is 5.92 Å². The van der Waals surface area contributed by atoms with Crippen LogP contribution in [0.4, 0.5) is 0 Å². The molecule has 1 saturated heterocycles. The molecule has 1 aliphatic rings. The van der Waals surface area contributed by atoms with Crippen LogP contribution in [-0.4, -0.2) is 36.9 Å². The molecule has 1 aromatic carbocycles. The molecule has 1 fully saturated rings. The fourth-order valence-corrected chi connectivity index (χ4v) is 2.47. The fraction of sp³-hybridized carbons (Fsp3) is 0.588. The number of likely N-dealkylation sites (tertiary alicyclic amines) is 1. The zero-order chi connectivity index (χ0) is 14.4. The summed E-state index contributed by atoms with van der Waals surface area (Å²) >= 11 is 0. The summed E-state index contributed by atoms with van der Waals surface area (Å²) in [6.07, 6.45) is 3.40. The third-order valence-corrected chi connectivity index (χ3v) is 3.89. The SMILES string of the molecule is CCCOc1ccc(C(=O)CN2CCC(C)CC2)cc1. The molecule has 0 aliphatic carbocycles. The van der Waals surface area contributed by atoms with E-state index in [9.17, 15) is 4.79 Å². The van der Waals surface area contributed by atoms with Gasteiger partial charge in [0.05, 0.1) is 13.2 Å². The number of carbonyl (C=O) groups excluding carboxylic acids is 1. The molecule has 3 heteroatoms. The van der Waals surface area contributed by atoms with Gasteiger partial charge in [-0.2, -0.15) is 0 Å². The summed E-state index contributed by atoms with van der Waals surface area (Å²) in [6.45, 7) is 7.72. The zero-order valence-corrected chi connectivity index (χ0v) is 12.6. The van der Waals surface area contributed by atoms with E-state index in [0.29, 0.717) is 6.54 Å². The van der Waals surface area contributed by atoms with Gasteiger partial charge in [0.15, 0.2) is 5.78 Å². The van der Waals surface area contributed by atoms with Crippen molar-refractivity contribution >= 4 is 5.78 Å². The molecule has 1 heterocycles. The first kappa shape index (κ1) is 15.0. The molecular weight excluding hydrogens is 250 g/mol. The van der Waals surface area contributed by atoms with Crippen molar-refractivity contribution in [2.75, 3.05) is 26.2 Å². The molecule has 110 valence electrons. The molecule has 3 nitrogen and oxygen atoms in total. The van der Waals surface area contributed by atoms with E-state index in [2.05, 4.69) is 18.7 Å². The van der Waals surface area contributed by atoms with E-state index in [1.54, 1.807) is 0 Å². The van der Waals surface area contributed by atoms with Gasteiger partial charge in [0.1, 0.15) is 5.75 Å². The molecule has 0 radical (unpaired) electrons. The van der Waals surface area contributed by atoms with Crippen molar-refractivity contribution in [3.63, 3.8) is 0 Å². The first-order chi connectivity index (χ1) is 9.69. The Kier molecular flexibility index (Phi) is 5.60. The van der Waals surface area contributed by atoms with Gasteiger partial charge < -0.3 is 4.74 Å². The second-order valence-corrected chi connectivity index (χ2v) is 5.75. The van der Waals surface area contributed by atoms with Gasteiger partial charge in [-0.3, -0.25) is 9.69 Å². The average Bonchev–Trinajstić information content (AvgIpc) is 2.48. The first-order valence-electron chi connectivity index (χ1n) is 7.67. The predicted octanol–water partition coefficient (Wildman–Crippen LogP) is 3.39. The average molecular weight is 275 g/mol. The van der Waals surface area contributed by atoms with Crippen molar-refractivity contribution in [1.82, 2.24) is 4.90 Å². The highest BCUT2D eigenvalue weighted by Gasteiger charge is 2.18. The summed E-state index contributed by atoms with van der Waals surface area (Å²) in [5.74, 6) is 1.85. The van der Waals surface area contributed by atoms with Crippen molar-refractivity contribution in [3.8, 4) is 5.75 Å². The molecule has 2 rings (SSSR count). The highest BCUT2D eigenvalue weighted by molar-refractivity contribution is 5.97. The minimum Gasteiger partial charge on any atom is -0.494 e. The minimum atomic E-state index is 0.210. The molecule has 20 heavy (non-hydrogen) atoms. The number of piperidine rings is 1. The van der Waals surface area contributed by atoms with Gasteiger partial charge in [0.2, 0.25) is 0 Å². The Bertz CT molecular complexity index is 419. The number of hydrogen-bond acceptors (Lipinski definition) is 3. The molecule has 0 spiro atoms. The van der Waals surface area contributed by atoms with Crippen LogP contribution in [0.3, 0.4) is 0 Å². The maximum absolute atomic E-state index is 12.2. The Balaban J connectivity index is 1.85. The van der Waals surface area contributed by atoms with Crippen LogP contribution < -0.4 is 4.74 Å². The van der Waals surface area contributed by atoms with Crippen LogP contribution in [0.5, 0.6) is 5.75 Å². The summed E-state index contributed by atoms with van der Waals surface area (Å²) in [7, 11) is 0. The van der Waals surface area contributed by atoms with Gasteiger partial charge in [-0.15, -0.1) is 0 Å². The summed E-state index contributed by atoms with van der Waals surface area (Å²) in [6, 6.07) is 7.53. The minimum absolute atomic E-state index is 0.210. The molecule has 0 N–H and O–H groups in total. The van der Waals surface area contributed by atoms with Crippen molar-refractivity contribution in [2.45, 2.75) is 33.1 Å². The topological polar surface area (TPSA) is 29.5 Å². The standard InChI is InChI=1S/C17H25NO2/c1-3-12-20-16-6-4-15(5-7-16)17(19)13-18-10-8-14(2)9-11-18/h4-7,14H,3,8-13H2,1-2H3. The second kappa shape index (κ2) is 7.44. The molecule has 0 unspecified atom stereocenters. The van der Waals surface area contributed by atoms with Crippen molar-refractivity contribution in [2.24, 2.45) is 5.92 Å². The Hall–Kier alpha value is -1.35. The lowest BCUT2D eigenvalue weighted by Crippen LogP contribution is -2.36. The lowest BCUT2D eigenvalue weighted by Gasteiger charge is -2.29. The van der Waals surface area contributed by atoms with E-state index in [1.165, 1.54) is 12.8 Å². The normalized spacial score (nSPS) is 17.1. The monoisotopic (exact) mass is 275 g/mol. The maximum atomic E-state index is 12.2. The molecule has 0 amide bonds. The number of rotatable bonds is 6. The van der Waals surface area contributed by atoms with Gasteiger partial charge in [-0.25, -0.2) is 0 Å². The van der Waals surface area contributed by atoms with Gasteiger partial charge >= 0.3 is 0 Å². The Morgan fingerprint density at radius 2 is 1.90 bits per heavy atom. The highest BCUT2D eigenvalue weighted by Crippen LogP contribution is 2.17. The van der Waals surface area contributed by atoms with Gasteiger partial charge in [-0.1, -0.05) is 13.8 Å². The molecule has 0 bridgehead atoms. The third kappa shape index (κ3) is 4.34. The summed E-state index contributed by atoms with van der Waals surface area (Å²) in [5.41, 5.74) is 0.785. The van der Waals surface area contributed by atoms with Gasteiger partial charge in [0.25, 0.3) is 0 Å². The van der Waals surface area contributed by atoms with E-state index in [-0.39, 0.29) is 5.78 Å². The van der Waals surface area contributed by atoms with E-state index in [1.807, 2.05) is 24.3 Å². The molecule has 0 aromatic heterocycles. The quantitative estimate of drug-likeness (QED) is 0.745. The first-order valence-corrected chi connectivity index (χ1v) is 7.67. The van der Waals surface area contributed by atoms with Gasteiger partial charge in [-0.05, 0) is 62.5 Å². The zero-order valence-electron chi connectivity index (χ0n) is 12.6. The summed E-state index contributed by atoms with van der Waals surface area (Å²) in [5, 5.41) is 0. The number of nitrogens with zero attached hydrogens (tertiary/aromatic N) is 1. The summed E-state index contributed by atoms with van der Waals surface area (Å²) in [4.78, 5) is 14.5. The number of Topliss-reactive ketones (excluding diaryl/α,β-unsaturated/α-hetero) is 1. The van der Waals surface area contributed by atoms with Crippen molar-refractivity contribution < 1.29 is 9.53 Å². The fourth-order valence-electron chi connectivity index (χ4n) is 2.47. The number of carbonyl (C=O) groups is 1. The van der Waals surface area contributed by atoms with Crippen LogP contribution in [0.2, 0.25) is 0 Å². The van der Waals surface area contributed by atoms with Crippen LogP contribution in [0.15, 0.2) is 24.3 Å². The number of benzene rings is 1. The largest absolute Gasteiger partial charge is 0.494 e. The van der Waals surface area contributed by atoms with E-state index < -0.39 is 0 Å². The molecular formula is C17H25NO2. The van der Waals surface area contributed by atoms with Crippen LogP contribution in [0.25, 0.3) is 0 Å². The number of ether oxygens (including phenoxy) is 1. The number of hydrogen-bond donors (Lipinski definition) is 0. The van der Waals surface area contributed by atoms with Crippen LogP contribution in [-0.2, 0) is 0 Å². The lowest BCUT2D eigenvalue weighted by atomic mass is 9.99. The second-order valence-electron chi connectivity index (χ2n) is 5.75. The van der Waals surface area contributed by atoms with Gasteiger partial charge in [0, 0.05) is 5.56 Å². The van der Waals surface area contributed by atoms with Crippen molar-refractivity contribution in [3.05, 3.63) is 29.8 Å². The molecule has 0 atom stereocenters. The third-order valence-electron chi connectivity index (χ3n) is 3.89.